The zero-order valence-corrected chi connectivity index (χ0v) is 9.46. The van der Waals surface area contributed by atoms with E-state index < -0.39 is 29.2 Å². The first-order valence-electron chi connectivity index (χ1n) is 3.46. The fourth-order valence-electron chi connectivity index (χ4n) is 0.398. The molecule has 0 aliphatic carbocycles. The Balaban J connectivity index is 0. The molecular formula is C5H14ClF2N3O2S. The van der Waals surface area contributed by atoms with Gasteiger partial charge in [0.15, 0.2) is 0 Å². The second-order valence-electron chi connectivity index (χ2n) is 2.67. The fraction of sp³-hybridized carbons (Fsp3) is 1.00. The van der Waals surface area contributed by atoms with E-state index in [4.69, 9.17) is 5.73 Å². The average molecular weight is 254 g/mol. The molecule has 0 aromatic carbocycles. The molecule has 0 amide bonds. The number of alkyl halides is 2. The van der Waals surface area contributed by atoms with Gasteiger partial charge in [0.2, 0.25) is 0 Å². The lowest BCUT2D eigenvalue weighted by atomic mass is 10.3. The summed E-state index contributed by atoms with van der Waals surface area (Å²) in [5.74, 6) is -3.21. The van der Waals surface area contributed by atoms with Crippen molar-refractivity contribution in [3.05, 3.63) is 0 Å². The highest BCUT2D eigenvalue weighted by Gasteiger charge is 2.29. The van der Waals surface area contributed by atoms with Crippen LogP contribution in [0.15, 0.2) is 0 Å². The number of nitrogens with two attached hydrogens (primary N) is 1. The van der Waals surface area contributed by atoms with Crippen molar-refractivity contribution in [3.8, 4) is 0 Å². The van der Waals surface area contributed by atoms with Gasteiger partial charge in [-0.15, -0.1) is 12.4 Å². The van der Waals surface area contributed by atoms with Crippen LogP contribution in [0.25, 0.3) is 0 Å². The van der Waals surface area contributed by atoms with Crippen LogP contribution in [0.4, 0.5) is 8.78 Å². The molecule has 0 fully saturated rings. The first-order chi connectivity index (χ1) is 5.71. The maximum Gasteiger partial charge on any atom is 0.279 e. The molecule has 0 unspecified atom stereocenters. The SMILES string of the molecule is CN(C)S(=O)(=O)NCC(F)(F)CN.Cl. The smallest absolute Gasteiger partial charge is 0.279 e. The van der Waals surface area contributed by atoms with Gasteiger partial charge in [-0.05, 0) is 0 Å². The highest BCUT2D eigenvalue weighted by Crippen LogP contribution is 2.09. The van der Waals surface area contributed by atoms with Gasteiger partial charge in [0.05, 0.1) is 13.1 Å². The van der Waals surface area contributed by atoms with Crippen molar-refractivity contribution in [3.63, 3.8) is 0 Å². The van der Waals surface area contributed by atoms with Crippen LogP contribution in [0, 0.1) is 0 Å². The molecule has 0 saturated heterocycles. The zero-order valence-electron chi connectivity index (χ0n) is 7.83. The van der Waals surface area contributed by atoms with Gasteiger partial charge in [-0.3, -0.25) is 0 Å². The Morgan fingerprint density at radius 3 is 2.14 bits per heavy atom. The normalized spacial score (nSPS) is 12.7. The van der Waals surface area contributed by atoms with Gasteiger partial charge in [0, 0.05) is 14.1 Å². The standard InChI is InChI=1S/C5H13F2N3O2S.ClH/c1-10(2)13(11,12)9-4-5(6,7)3-8;/h9H,3-4,8H2,1-2H3;1H. The third-order valence-corrected chi connectivity index (χ3v) is 2.76. The quantitative estimate of drug-likeness (QED) is 0.687. The van der Waals surface area contributed by atoms with Crippen LogP contribution in [0.3, 0.4) is 0 Å². The van der Waals surface area contributed by atoms with Gasteiger partial charge >= 0.3 is 0 Å². The lowest BCUT2D eigenvalue weighted by Crippen LogP contribution is -2.45. The number of hydrogen-bond donors (Lipinski definition) is 2. The van der Waals surface area contributed by atoms with Crippen LogP contribution in [0.2, 0.25) is 0 Å². The number of nitrogens with zero attached hydrogens (tertiary/aromatic N) is 1. The summed E-state index contributed by atoms with van der Waals surface area (Å²) < 4.78 is 49.3. The lowest BCUT2D eigenvalue weighted by molar-refractivity contribution is 0.0168. The van der Waals surface area contributed by atoms with Gasteiger partial charge < -0.3 is 5.73 Å². The highest BCUT2D eigenvalue weighted by molar-refractivity contribution is 7.87. The van der Waals surface area contributed by atoms with Crippen molar-refractivity contribution >= 4 is 22.6 Å². The Kier molecular flexibility index (Phi) is 6.75. The molecule has 0 atom stereocenters. The predicted molar refractivity (Wildman–Crippen MR) is 51.9 cm³/mol. The minimum Gasteiger partial charge on any atom is -0.325 e. The van der Waals surface area contributed by atoms with Crippen molar-refractivity contribution in [2.45, 2.75) is 5.92 Å². The van der Waals surface area contributed by atoms with Crippen molar-refractivity contribution in [2.75, 3.05) is 27.2 Å². The maximum absolute atomic E-state index is 12.5. The summed E-state index contributed by atoms with van der Waals surface area (Å²) in [6, 6.07) is 0. The van der Waals surface area contributed by atoms with Gasteiger partial charge in [-0.25, -0.2) is 8.78 Å². The summed E-state index contributed by atoms with van der Waals surface area (Å²) in [7, 11) is -1.32. The van der Waals surface area contributed by atoms with Crippen molar-refractivity contribution < 1.29 is 17.2 Å². The summed E-state index contributed by atoms with van der Waals surface area (Å²) in [6.45, 7) is -1.87. The van der Waals surface area contributed by atoms with E-state index in [-0.39, 0.29) is 12.4 Å². The maximum atomic E-state index is 12.5. The fourth-order valence-corrected chi connectivity index (χ4v) is 1.05. The molecule has 0 heterocycles. The largest absolute Gasteiger partial charge is 0.325 e. The third kappa shape index (κ3) is 5.66. The summed E-state index contributed by atoms with van der Waals surface area (Å²) >= 11 is 0. The van der Waals surface area contributed by atoms with Crippen molar-refractivity contribution in [1.29, 1.82) is 0 Å². The number of hydrogen-bond acceptors (Lipinski definition) is 3. The van der Waals surface area contributed by atoms with Crippen LogP contribution in [0.5, 0.6) is 0 Å². The number of halogens is 3. The predicted octanol–water partition coefficient (Wildman–Crippen LogP) is -0.602. The number of rotatable bonds is 5. The van der Waals surface area contributed by atoms with Crippen LogP contribution < -0.4 is 10.5 Å². The summed E-state index contributed by atoms with van der Waals surface area (Å²) in [5, 5.41) is 0. The Morgan fingerprint density at radius 1 is 1.43 bits per heavy atom. The topological polar surface area (TPSA) is 75.4 Å². The van der Waals surface area contributed by atoms with E-state index in [9.17, 15) is 17.2 Å². The summed E-state index contributed by atoms with van der Waals surface area (Å²) in [4.78, 5) is 0. The molecule has 5 nitrogen and oxygen atoms in total. The first kappa shape index (κ1) is 16.4. The van der Waals surface area contributed by atoms with Crippen molar-refractivity contribution in [1.82, 2.24) is 9.03 Å². The van der Waals surface area contributed by atoms with E-state index in [1.807, 2.05) is 0 Å². The van der Waals surface area contributed by atoms with E-state index in [2.05, 4.69) is 0 Å². The minimum atomic E-state index is -3.79. The van der Waals surface area contributed by atoms with E-state index in [0.29, 0.717) is 0 Å². The lowest BCUT2D eigenvalue weighted by Gasteiger charge is -2.17. The van der Waals surface area contributed by atoms with Crippen LogP contribution in [0.1, 0.15) is 0 Å². The Bertz CT molecular complexity index is 258. The molecule has 0 bridgehead atoms. The minimum absolute atomic E-state index is 0. The molecule has 0 aromatic heterocycles. The van der Waals surface area contributed by atoms with Crippen LogP contribution >= 0.6 is 12.4 Å². The van der Waals surface area contributed by atoms with Gasteiger partial charge in [-0.1, -0.05) is 0 Å². The van der Waals surface area contributed by atoms with Crippen LogP contribution in [-0.4, -0.2) is 45.8 Å². The van der Waals surface area contributed by atoms with Crippen molar-refractivity contribution in [2.24, 2.45) is 5.73 Å². The molecule has 3 N–H and O–H groups in total. The molecule has 0 spiro atoms. The van der Waals surface area contributed by atoms with E-state index in [1.165, 1.54) is 14.1 Å². The highest BCUT2D eigenvalue weighted by atomic mass is 35.5. The Morgan fingerprint density at radius 2 is 1.86 bits per heavy atom. The molecule has 0 aliphatic heterocycles. The molecule has 0 radical (unpaired) electrons. The summed E-state index contributed by atoms with van der Waals surface area (Å²) in [6.07, 6.45) is 0. The molecule has 0 aliphatic rings. The third-order valence-electron chi connectivity index (χ3n) is 1.29. The molecule has 0 aromatic rings. The first-order valence-corrected chi connectivity index (χ1v) is 4.90. The van der Waals surface area contributed by atoms with Gasteiger partial charge in [-0.2, -0.15) is 17.4 Å². The Labute approximate surface area is 88.2 Å². The average Bonchev–Trinajstić information content (AvgIpc) is 2.01. The van der Waals surface area contributed by atoms with E-state index >= 15 is 0 Å². The second kappa shape index (κ2) is 5.76. The van der Waals surface area contributed by atoms with Gasteiger partial charge in [0.1, 0.15) is 0 Å². The Hall–Kier alpha value is -0.0200. The zero-order chi connectivity index (χ0) is 10.7. The van der Waals surface area contributed by atoms with E-state index in [1.54, 1.807) is 4.72 Å². The van der Waals surface area contributed by atoms with Crippen LogP contribution in [-0.2, 0) is 10.2 Å². The molecule has 0 rings (SSSR count). The number of nitrogens with one attached hydrogen (secondary N) is 1. The van der Waals surface area contributed by atoms with Gasteiger partial charge in [0.25, 0.3) is 16.1 Å². The molecule has 0 saturated carbocycles. The molecule has 9 heteroatoms. The monoisotopic (exact) mass is 253 g/mol. The molecular weight excluding hydrogens is 240 g/mol. The molecule has 14 heavy (non-hydrogen) atoms. The second-order valence-corrected chi connectivity index (χ2v) is 4.64. The molecule has 88 valence electrons. The summed E-state index contributed by atoms with van der Waals surface area (Å²) in [5.41, 5.74) is 4.71. The van der Waals surface area contributed by atoms with E-state index in [0.717, 1.165) is 4.31 Å².